The summed E-state index contributed by atoms with van der Waals surface area (Å²) in [7, 11) is 0. The molecule has 29 heavy (non-hydrogen) atoms. The molecule has 0 spiro atoms. The zero-order valence-electron chi connectivity index (χ0n) is 15.2. The molecule has 0 fully saturated rings. The average Bonchev–Trinajstić information content (AvgIpc) is 2.71. The summed E-state index contributed by atoms with van der Waals surface area (Å²) in [6.07, 6.45) is -1.58. The van der Waals surface area contributed by atoms with E-state index < -0.39 is 42.1 Å². The molecular formula is C20H19N3O6. The molecule has 1 atom stereocenters. The second kappa shape index (κ2) is 8.44. The minimum absolute atomic E-state index is 0.000163. The Morgan fingerprint density at radius 2 is 1.59 bits per heavy atom. The maximum Gasteiger partial charge on any atom is 0.322 e. The molecule has 1 heterocycles. The molecule has 0 aromatic heterocycles. The minimum atomic E-state index is -1.58. The van der Waals surface area contributed by atoms with Crippen molar-refractivity contribution < 1.29 is 29.7 Å². The number of aliphatic carboxylic acids is 1. The lowest BCUT2D eigenvalue weighted by Crippen LogP contribution is -2.57. The summed E-state index contributed by atoms with van der Waals surface area (Å²) in [6.45, 7) is -0.727. The lowest BCUT2D eigenvalue weighted by Gasteiger charge is -2.41. The van der Waals surface area contributed by atoms with Crippen molar-refractivity contribution in [1.82, 2.24) is 10.2 Å². The van der Waals surface area contributed by atoms with E-state index in [1.165, 1.54) is 0 Å². The van der Waals surface area contributed by atoms with Gasteiger partial charge in [0.2, 0.25) is 12.2 Å². The van der Waals surface area contributed by atoms with Crippen molar-refractivity contribution >= 4 is 23.5 Å². The van der Waals surface area contributed by atoms with Crippen LogP contribution in [0.5, 0.6) is 0 Å². The smallest absolute Gasteiger partial charge is 0.322 e. The first-order valence-corrected chi connectivity index (χ1v) is 8.70. The van der Waals surface area contributed by atoms with E-state index in [0.717, 1.165) is 9.80 Å². The van der Waals surface area contributed by atoms with E-state index in [-0.39, 0.29) is 6.54 Å². The highest BCUT2D eigenvalue weighted by Gasteiger charge is 2.42. The van der Waals surface area contributed by atoms with E-state index >= 15 is 0 Å². The van der Waals surface area contributed by atoms with Crippen LogP contribution in [0.4, 0.5) is 5.69 Å². The number of nitrogens with one attached hydrogen (secondary N) is 1. The SMILES string of the molecule is O=C(O)CNC(=O)C1=C(O)N(Cc2ccccc2)C(O)N(c2ccccc2)C1=O. The predicted molar refractivity (Wildman–Crippen MR) is 102 cm³/mol. The second-order valence-electron chi connectivity index (χ2n) is 6.25. The van der Waals surface area contributed by atoms with Crippen LogP contribution in [-0.2, 0) is 20.9 Å². The predicted octanol–water partition coefficient (Wildman–Crippen LogP) is 0.782. The number of benzene rings is 2. The normalized spacial score (nSPS) is 16.7. The van der Waals surface area contributed by atoms with Gasteiger partial charge < -0.3 is 20.6 Å². The van der Waals surface area contributed by atoms with Gasteiger partial charge in [-0.05, 0) is 17.7 Å². The molecule has 1 aliphatic rings. The highest BCUT2D eigenvalue weighted by atomic mass is 16.4. The van der Waals surface area contributed by atoms with E-state index in [4.69, 9.17) is 5.11 Å². The molecule has 0 bridgehead atoms. The quantitative estimate of drug-likeness (QED) is 0.530. The Morgan fingerprint density at radius 1 is 1.00 bits per heavy atom. The Balaban J connectivity index is 2.03. The highest BCUT2D eigenvalue weighted by Crippen LogP contribution is 2.29. The summed E-state index contributed by atoms with van der Waals surface area (Å²) in [4.78, 5) is 38.2. The van der Waals surface area contributed by atoms with Gasteiger partial charge in [0.15, 0.2) is 5.57 Å². The number of rotatable bonds is 6. The van der Waals surface area contributed by atoms with E-state index in [9.17, 15) is 24.6 Å². The molecule has 1 aliphatic heterocycles. The van der Waals surface area contributed by atoms with Crippen LogP contribution in [0.15, 0.2) is 72.1 Å². The van der Waals surface area contributed by atoms with Gasteiger partial charge in [-0.1, -0.05) is 48.5 Å². The van der Waals surface area contributed by atoms with Gasteiger partial charge >= 0.3 is 5.97 Å². The van der Waals surface area contributed by atoms with Crippen molar-refractivity contribution in [3.8, 4) is 0 Å². The molecule has 0 saturated heterocycles. The number of aliphatic hydroxyl groups is 2. The molecule has 9 heteroatoms. The number of anilines is 1. The molecule has 0 radical (unpaired) electrons. The number of carbonyl (C=O) groups is 3. The van der Waals surface area contributed by atoms with Crippen molar-refractivity contribution in [1.29, 1.82) is 0 Å². The number of carboxylic acids is 1. The van der Waals surface area contributed by atoms with Gasteiger partial charge in [-0.25, -0.2) is 0 Å². The van der Waals surface area contributed by atoms with Crippen LogP contribution in [0, 0.1) is 0 Å². The number of para-hydroxylation sites is 1. The Bertz CT molecular complexity index is 945. The second-order valence-corrected chi connectivity index (χ2v) is 6.25. The lowest BCUT2D eigenvalue weighted by molar-refractivity contribution is -0.138. The van der Waals surface area contributed by atoms with Gasteiger partial charge in [0.05, 0.1) is 6.54 Å². The highest BCUT2D eigenvalue weighted by molar-refractivity contribution is 6.24. The molecule has 150 valence electrons. The fourth-order valence-corrected chi connectivity index (χ4v) is 2.93. The third kappa shape index (κ3) is 4.19. The molecule has 4 N–H and O–H groups in total. The largest absolute Gasteiger partial charge is 0.494 e. The molecule has 2 amide bonds. The van der Waals surface area contributed by atoms with Crippen molar-refractivity contribution in [3.05, 3.63) is 77.7 Å². The maximum absolute atomic E-state index is 12.9. The number of aliphatic hydroxyl groups excluding tert-OH is 2. The van der Waals surface area contributed by atoms with Crippen LogP contribution >= 0.6 is 0 Å². The van der Waals surface area contributed by atoms with Crippen LogP contribution in [-0.4, -0.2) is 50.9 Å². The van der Waals surface area contributed by atoms with E-state index in [1.54, 1.807) is 60.7 Å². The van der Waals surface area contributed by atoms with Crippen LogP contribution in [0.1, 0.15) is 5.56 Å². The number of amides is 2. The van der Waals surface area contributed by atoms with Crippen molar-refractivity contribution in [2.75, 3.05) is 11.4 Å². The summed E-state index contributed by atoms with van der Waals surface area (Å²) in [5.41, 5.74) is 0.362. The van der Waals surface area contributed by atoms with Gasteiger partial charge in [-0.2, -0.15) is 0 Å². The topological polar surface area (TPSA) is 130 Å². The Morgan fingerprint density at radius 3 is 2.17 bits per heavy atom. The van der Waals surface area contributed by atoms with Crippen molar-refractivity contribution in [2.24, 2.45) is 0 Å². The standard InChI is InChI=1S/C20H19N3O6/c24-15(25)11-21-17(26)16-18(27)22(12-13-7-3-1-4-8-13)20(29)23(19(16)28)14-9-5-2-6-10-14/h1-10,20,27,29H,11-12H2,(H,21,26)(H,24,25). The third-order valence-corrected chi connectivity index (χ3v) is 4.30. The summed E-state index contributed by atoms with van der Waals surface area (Å²) < 4.78 is 0. The lowest BCUT2D eigenvalue weighted by atomic mass is 10.1. The van der Waals surface area contributed by atoms with Crippen LogP contribution < -0.4 is 10.2 Å². The fourth-order valence-electron chi connectivity index (χ4n) is 2.93. The van der Waals surface area contributed by atoms with Gasteiger partial charge in [-0.15, -0.1) is 0 Å². The molecule has 0 saturated carbocycles. The van der Waals surface area contributed by atoms with Crippen molar-refractivity contribution in [3.63, 3.8) is 0 Å². The first kappa shape index (κ1) is 19.9. The minimum Gasteiger partial charge on any atom is -0.494 e. The molecular weight excluding hydrogens is 378 g/mol. The van der Waals surface area contributed by atoms with Crippen LogP contribution in [0.3, 0.4) is 0 Å². The zero-order chi connectivity index (χ0) is 21.0. The van der Waals surface area contributed by atoms with E-state index in [2.05, 4.69) is 5.32 Å². The van der Waals surface area contributed by atoms with Crippen LogP contribution in [0.2, 0.25) is 0 Å². The average molecular weight is 397 g/mol. The molecule has 0 aliphatic carbocycles. The van der Waals surface area contributed by atoms with Gasteiger partial charge in [-0.3, -0.25) is 24.2 Å². The van der Waals surface area contributed by atoms with Gasteiger partial charge in [0, 0.05) is 5.69 Å². The Labute approximate surface area is 166 Å². The summed E-state index contributed by atoms with van der Waals surface area (Å²) >= 11 is 0. The number of hydrogen-bond acceptors (Lipinski definition) is 6. The molecule has 9 nitrogen and oxygen atoms in total. The zero-order valence-corrected chi connectivity index (χ0v) is 15.2. The van der Waals surface area contributed by atoms with Gasteiger partial charge in [0.25, 0.3) is 11.8 Å². The molecule has 2 aromatic carbocycles. The van der Waals surface area contributed by atoms with Gasteiger partial charge in [0.1, 0.15) is 6.54 Å². The third-order valence-electron chi connectivity index (χ3n) is 4.30. The first-order valence-electron chi connectivity index (χ1n) is 8.70. The summed E-state index contributed by atoms with van der Waals surface area (Å²) in [5.74, 6) is -4.04. The van der Waals surface area contributed by atoms with E-state index in [1.807, 2.05) is 0 Å². The maximum atomic E-state index is 12.9. The Kier molecular flexibility index (Phi) is 5.79. The monoisotopic (exact) mass is 397 g/mol. The number of carboxylic acid groups (broad SMARTS) is 1. The molecule has 2 aromatic rings. The number of nitrogens with zero attached hydrogens (tertiary/aromatic N) is 2. The number of hydrogen-bond donors (Lipinski definition) is 4. The van der Waals surface area contributed by atoms with Crippen molar-refractivity contribution in [2.45, 2.75) is 12.9 Å². The fraction of sp³-hybridized carbons (Fsp3) is 0.150. The molecule has 1 unspecified atom stereocenters. The van der Waals surface area contributed by atoms with E-state index in [0.29, 0.717) is 11.3 Å². The van der Waals surface area contributed by atoms with Crippen LogP contribution in [0.25, 0.3) is 0 Å². The number of carbonyl (C=O) groups excluding carboxylic acids is 2. The first-order chi connectivity index (χ1) is 13.9. The molecule has 3 rings (SSSR count). The summed E-state index contributed by atoms with van der Waals surface area (Å²) in [5, 5.41) is 32.3. The summed E-state index contributed by atoms with van der Waals surface area (Å²) in [6, 6.07) is 17.0. The Hall–Kier alpha value is -3.85.